The molecule has 1 N–H and O–H groups in total. The van der Waals surface area contributed by atoms with Crippen molar-refractivity contribution in [3.63, 3.8) is 0 Å². The van der Waals surface area contributed by atoms with Gasteiger partial charge in [-0.05, 0) is 49.4 Å². The Kier molecular flexibility index (Phi) is 3.88. The zero-order chi connectivity index (χ0) is 16.5. The molecule has 126 valence electrons. The summed E-state index contributed by atoms with van der Waals surface area (Å²) in [6.07, 6.45) is 7.54. The standard InChI is InChI=1S/C18H22N4O2/c1-21-12-15(11-19-21)22-8-2-5-16(18(22)23)20-14-6-7-17-13(10-14)4-3-9-24-17/h6-7,10-12,16,20H,2-5,8-9H2,1H3/t16-/m1/s1. The first-order valence-electron chi connectivity index (χ1n) is 8.53. The minimum Gasteiger partial charge on any atom is -0.493 e. The zero-order valence-electron chi connectivity index (χ0n) is 13.9. The third-order valence-corrected chi connectivity index (χ3v) is 4.69. The van der Waals surface area contributed by atoms with Gasteiger partial charge >= 0.3 is 0 Å². The lowest BCUT2D eigenvalue weighted by molar-refractivity contribution is -0.120. The molecule has 0 unspecified atom stereocenters. The van der Waals surface area contributed by atoms with E-state index in [0.29, 0.717) is 0 Å². The van der Waals surface area contributed by atoms with Crippen LogP contribution in [0.15, 0.2) is 30.6 Å². The van der Waals surface area contributed by atoms with Crippen molar-refractivity contribution in [3.05, 3.63) is 36.2 Å². The van der Waals surface area contributed by atoms with Crippen molar-refractivity contribution >= 4 is 17.3 Å². The van der Waals surface area contributed by atoms with Gasteiger partial charge in [0.05, 0.1) is 18.5 Å². The number of aromatic nitrogens is 2. The van der Waals surface area contributed by atoms with E-state index < -0.39 is 0 Å². The number of fused-ring (bicyclic) bond motifs is 1. The minimum absolute atomic E-state index is 0.114. The normalized spacial score (nSPS) is 20.5. The Hall–Kier alpha value is -2.50. The Morgan fingerprint density at radius 3 is 3.08 bits per heavy atom. The van der Waals surface area contributed by atoms with Gasteiger partial charge in [0.2, 0.25) is 5.91 Å². The molecule has 2 aliphatic heterocycles. The van der Waals surface area contributed by atoms with E-state index in [9.17, 15) is 4.79 Å². The number of nitrogens with zero attached hydrogens (tertiary/aromatic N) is 3. The average Bonchev–Trinajstić information content (AvgIpc) is 3.03. The summed E-state index contributed by atoms with van der Waals surface area (Å²) < 4.78 is 7.38. The fraction of sp³-hybridized carbons (Fsp3) is 0.444. The number of nitrogens with one attached hydrogen (secondary N) is 1. The van der Waals surface area contributed by atoms with Crippen LogP contribution < -0.4 is 15.0 Å². The average molecular weight is 326 g/mol. The van der Waals surface area contributed by atoms with E-state index in [4.69, 9.17) is 4.74 Å². The lowest BCUT2D eigenvalue weighted by Crippen LogP contribution is -2.47. The molecule has 2 aliphatic rings. The van der Waals surface area contributed by atoms with Gasteiger partial charge in [0.25, 0.3) is 0 Å². The van der Waals surface area contributed by atoms with Crippen LogP contribution in [0, 0.1) is 0 Å². The number of benzene rings is 1. The number of ether oxygens (including phenoxy) is 1. The van der Waals surface area contributed by atoms with Crippen LogP contribution in [0.4, 0.5) is 11.4 Å². The van der Waals surface area contributed by atoms with Crippen molar-refractivity contribution in [2.45, 2.75) is 31.7 Å². The van der Waals surface area contributed by atoms with Crippen molar-refractivity contribution in [2.75, 3.05) is 23.4 Å². The van der Waals surface area contributed by atoms with Crippen LogP contribution in [0.5, 0.6) is 5.75 Å². The summed E-state index contributed by atoms with van der Waals surface area (Å²) in [5, 5.41) is 7.59. The summed E-state index contributed by atoms with van der Waals surface area (Å²) in [5.41, 5.74) is 3.08. The van der Waals surface area contributed by atoms with Crippen molar-refractivity contribution < 1.29 is 9.53 Å². The number of amides is 1. The molecule has 1 fully saturated rings. The lowest BCUT2D eigenvalue weighted by Gasteiger charge is -2.32. The zero-order valence-corrected chi connectivity index (χ0v) is 13.9. The molecule has 1 aromatic carbocycles. The first-order chi connectivity index (χ1) is 11.7. The summed E-state index contributed by atoms with van der Waals surface area (Å²) >= 11 is 0. The highest BCUT2D eigenvalue weighted by Crippen LogP contribution is 2.29. The second-order valence-corrected chi connectivity index (χ2v) is 6.48. The Balaban J connectivity index is 1.50. The number of hydrogen-bond acceptors (Lipinski definition) is 4. The highest BCUT2D eigenvalue weighted by Gasteiger charge is 2.30. The van der Waals surface area contributed by atoms with Gasteiger partial charge in [-0.2, -0.15) is 5.10 Å². The Morgan fingerprint density at radius 2 is 2.25 bits per heavy atom. The number of piperidine rings is 1. The molecule has 6 nitrogen and oxygen atoms in total. The van der Waals surface area contributed by atoms with Gasteiger partial charge in [0.15, 0.2) is 0 Å². The smallest absolute Gasteiger partial charge is 0.249 e. The minimum atomic E-state index is -0.193. The van der Waals surface area contributed by atoms with Crippen LogP contribution in [0.3, 0.4) is 0 Å². The monoisotopic (exact) mass is 326 g/mol. The first-order valence-corrected chi connectivity index (χ1v) is 8.53. The summed E-state index contributed by atoms with van der Waals surface area (Å²) in [7, 11) is 1.86. The molecule has 0 bridgehead atoms. The predicted octanol–water partition coefficient (Wildman–Crippen LogP) is 2.35. The maximum absolute atomic E-state index is 12.8. The first kappa shape index (κ1) is 15.1. The molecule has 0 aliphatic carbocycles. The summed E-state index contributed by atoms with van der Waals surface area (Å²) in [6.45, 7) is 1.54. The molecule has 3 heterocycles. The van der Waals surface area contributed by atoms with Gasteiger partial charge in [0.1, 0.15) is 11.8 Å². The lowest BCUT2D eigenvalue weighted by atomic mass is 10.0. The van der Waals surface area contributed by atoms with Crippen molar-refractivity contribution in [1.82, 2.24) is 9.78 Å². The molecule has 24 heavy (non-hydrogen) atoms. The summed E-state index contributed by atoms with van der Waals surface area (Å²) in [4.78, 5) is 14.7. The van der Waals surface area contributed by atoms with E-state index in [2.05, 4.69) is 16.5 Å². The van der Waals surface area contributed by atoms with Crippen LogP contribution in [0.25, 0.3) is 0 Å². The van der Waals surface area contributed by atoms with Crippen molar-refractivity contribution in [3.8, 4) is 5.75 Å². The number of rotatable bonds is 3. The number of carbonyl (C=O) groups is 1. The van der Waals surface area contributed by atoms with Gasteiger partial charge in [-0.3, -0.25) is 9.48 Å². The number of carbonyl (C=O) groups excluding carboxylic acids is 1. The molecular formula is C18H22N4O2. The van der Waals surface area contributed by atoms with Crippen LogP contribution in [0.1, 0.15) is 24.8 Å². The number of anilines is 2. The van der Waals surface area contributed by atoms with Crippen LogP contribution >= 0.6 is 0 Å². The van der Waals surface area contributed by atoms with Crippen molar-refractivity contribution in [1.29, 1.82) is 0 Å². The van der Waals surface area contributed by atoms with E-state index in [1.54, 1.807) is 10.9 Å². The molecule has 0 saturated carbocycles. The third-order valence-electron chi connectivity index (χ3n) is 4.69. The number of hydrogen-bond donors (Lipinski definition) is 1. The largest absolute Gasteiger partial charge is 0.493 e. The highest BCUT2D eigenvalue weighted by molar-refractivity contribution is 5.99. The van der Waals surface area contributed by atoms with Gasteiger partial charge in [-0.15, -0.1) is 0 Å². The van der Waals surface area contributed by atoms with E-state index >= 15 is 0 Å². The van der Waals surface area contributed by atoms with Crippen LogP contribution in [0.2, 0.25) is 0 Å². The van der Waals surface area contributed by atoms with Gasteiger partial charge < -0.3 is 15.0 Å². The molecule has 6 heteroatoms. The second-order valence-electron chi connectivity index (χ2n) is 6.48. The van der Waals surface area contributed by atoms with E-state index in [-0.39, 0.29) is 11.9 Å². The topological polar surface area (TPSA) is 59.4 Å². The molecule has 0 spiro atoms. The number of aryl methyl sites for hydroxylation is 2. The van der Waals surface area contributed by atoms with Gasteiger partial charge in [0, 0.05) is 25.5 Å². The van der Waals surface area contributed by atoms with Crippen LogP contribution in [-0.2, 0) is 18.3 Å². The van der Waals surface area contributed by atoms with E-state index in [1.807, 2.05) is 30.3 Å². The van der Waals surface area contributed by atoms with Gasteiger partial charge in [-0.25, -0.2) is 0 Å². The van der Waals surface area contributed by atoms with Crippen molar-refractivity contribution in [2.24, 2.45) is 7.05 Å². The quantitative estimate of drug-likeness (QED) is 0.941. The molecule has 2 aromatic rings. The Morgan fingerprint density at radius 1 is 1.33 bits per heavy atom. The van der Waals surface area contributed by atoms with Crippen LogP contribution in [-0.4, -0.2) is 34.9 Å². The Labute approximate surface area is 141 Å². The molecule has 1 saturated heterocycles. The van der Waals surface area contributed by atoms with E-state index in [0.717, 1.165) is 56.0 Å². The summed E-state index contributed by atoms with van der Waals surface area (Å²) in [5.74, 6) is 1.09. The molecule has 1 atom stereocenters. The maximum atomic E-state index is 12.8. The summed E-state index contributed by atoms with van der Waals surface area (Å²) in [6, 6.07) is 5.93. The molecule has 0 radical (unpaired) electrons. The third kappa shape index (κ3) is 2.84. The molecular weight excluding hydrogens is 304 g/mol. The Bertz CT molecular complexity index is 755. The predicted molar refractivity (Wildman–Crippen MR) is 92.5 cm³/mol. The fourth-order valence-electron chi connectivity index (χ4n) is 3.46. The maximum Gasteiger partial charge on any atom is 0.249 e. The fourth-order valence-corrected chi connectivity index (χ4v) is 3.46. The SMILES string of the molecule is Cn1cc(N2CCC[C@@H](Nc3ccc4c(c3)CCCO4)C2=O)cn1. The molecule has 1 aromatic heterocycles. The second kappa shape index (κ2) is 6.19. The van der Waals surface area contributed by atoms with E-state index in [1.165, 1.54) is 5.56 Å². The highest BCUT2D eigenvalue weighted by atomic mass is 16.5. The molecule has 4 rings (SSSR count). The molecule has 1 amide bonds. The van der Waals surface area contributed by atoms with Gasteiger partial charge in [-0.1, -0.05) is 0 Å².